The molecule has 1 heterocycles. The minimum atomic E-state index is -4.57. The highest BCUT2D eigenvalue weighted by molar-refractivity contribution is 5.63. The minimum Gasteiger partial charge on any atom is -0.340 e. The number of nitrogens with one attached hydrogen (secondary N) is 2. The van der Waals surface area contributed by atoms with Crippen LogP contribution in [0.3, 0.4) is 0 Å². The lowest BCUT2D eigenvalue weighted by Crippen LogP contribution is -2.12. The quantitative estimate of drug-likeness (QED) is 0.302. The number of halogens is 3. The largest absolute Gasteiger partial charge is 0.421 e. The van der Waals surface area contributed by atoms with Crippen LogP contribution in [0.5, 0.6) is 0 Å². The lowest BCUT2D eigenvalue weighted by molar-refractivity contribution is -0.137. The number of alkyl halides is 3. The molecule has 0 saturated carbocycles. The van der Waals surface area contributed by atoms with E-state index in [4.69, 9.17) is 0 Å². The predicted octanol–water partition coefficient (Wildman–Crippen LogP) is 8.23. The molecule has 0 aliphatic rings. The Kier molecular flexibility index (Phi) is 8.31. The molecule has 0 aliphatic heterocycles. The third kappa shape index (κ3) is 7.20. The van der Waals surface area contributed by atoms with Gasteiger partial charge in [0.2, 0.25) is 5.95 Å². The molecule has 0 spiro atoms. The van der Waals surface area contributed by atoms with Crippen LogP contribution in [0, 0.1) is 0 Å². The zero-order chi connectivity index (χ0) is 23.8. The Morgan fingerprint density at radius 3 is 2.33 bits per heavy atom. The molecule has 3 aromatic rings. The van der Waals surface area contributed by atoms with E-state index < -0.39 is 11.7 Å². The molecule has 7 heteroatoms. The Balaban J connectivity index is 1.78. The fraction of sp³-hybridized carbons (Fsp3) is 0.385. The number of unbranched alkanes of at least 4 members (excludes halogenated alkanes) is 3. The van der Waals surface area contributed by atoms with E-state index in [-0.39, 0.29) is 17.7 Å². The van der Waals surface area contributed by atoms with Gasteiger partial charge in [-0.1, -0.05) is 64.3 Å². The highest BCUT2D eigenvalue weighted by Crippen LogP contribution is 2.35. The van der Waals surface area contributed by atoms with Crippen LogP contribution in [-0.2, 0) is 12.6 Å². The number of benzene rings is 2. The van der Waals surface area contributed by atoms with Crippen molar-refractivity contribution in [3.8, 4) is 0 Å². The van der Waals surface area contributed by atoms with Gasteiger partial charge in [-0.15, -0.1) is 0 Å². The van der Waals surface area contributed by atoms with Gasteiger partial charge in [-0.3, -0.25) is 0 Å². The first-order valence-electron chi connectivity index (χ1n) is 11.4. The molecule has 33 heavy (non-hydrogen) atoms. The second-order valence-electron chi connectivity index (χ2n) is 8.49. The summed E-state index contributed by atoms with van der Waals surface area (Å²) in [5.74, 6) is 0.0701. The molecule has 0 unspecified atom stereocenters. The number of anilines is 4. The van der Waals surface area contributed by atoms with Crippen LogP contribution in [0.1, 0.15) is 69.1 Å². The summed E-state index contributed by atoms with van der Waals surface area (Å²) in [7, 11) is 0. The second-order valence-corrected chi connectivity index (χ2v) is 8.49. The van der Waals surface area contributed by atoms with E-state index in [9.17, 15) is 13.2 Å². The molecular formula is C26H31F3N4. The molecule has 0 fully saturated rings. The second kappa shape index (κ2) is 11.2. The van der Waals surface area contributed by atoms with Gasteiger partial charge in [0.1, 0.15) is 11.4 Å². The van der Waals surface area contributed by atoms with E-state index in [0.717, 1.165) is 30.3 Å². The van der Waals surface area contributed by atoms with E-state index in [2.05, 4.69) is 27.5 Å². The van der Waals surface area contributed by atoms with Crippen molar-refractivity contribution >= 4 is 23.1 Å². The summed E-state index contributed by atoms with van der Waals surface area (Å²) in [6.07, 6.45) is 2.06. The molecule has 0 bridgehead atoms. The van der Waals surface area contributed by atoms with Crippen molar-refractivity contribution < 1.29 is 13.2 Å². The summed E-state index contributed by atoms with van der Waals surface area (Å²) in [6, 6.07) is 15.2. The van der Waals surface area contributed by atoms with Gasteiger partial charge in [0.25, 0.3) is 0 Å². The summed E-state index contributed by atoms with van der Waals surface area (Å²) in [6.45, 7) is 6.25. The average Bonchev–Trinajstić information content (AvgIpc) is 2.77. The van der Waals surface area contributed by atoms with Crippen LogP contribution >= 0.6 is 0 Å². The molecule has 2 aromatic carbocycles. The fourth-order valence-electron chi connectivity index (χ4n) is 3.50. The van der Waals surface area contributed by atoms with Gasteiger partial charge < -0.3 is 10.6 Å². The Morgan fingerprint density at radius 2 is 1.67 bits per heavy atom. The first-order valence-corrected chi connectivity index (χ1v) is 11.4. The molecule has 4 nitrogen and oxygen atoms in total. The topological polar surface area (TPSA) is 49.8 Å². The van der Waals surface area contributed by atoms with Crippen LogP contribution in [0.2, 0.25) is 0 Å². The van der Waals surface area contributed by atoms with Crippen LogP contribution in [0.25, 0.3) is 0 Å². The van der Waals surface area contributed by atoms with Crippen LogP contribution in [0.15, 0.2) is 54.7 Å². The molecule has 3 rings (SSSR count). The molecule has 2 N–H and O–H groups in total. The van der Waals surface area contributed by atoms with Gasteiger partial charge >= 0.3 is 6.18 Å². The SMILES string of the molecule is CCCCCCc1ccc(Nc2ncc(C(F)(F)F)c(Nc3cccc(C(C)C)c3)n2)cc1. The molecule has 0 saturated heterocycles. The first-order chi connectivity index (χ1) is 15.8. The van der Waals surface area contributed by atoms with E-state index >= 15 is 0 Å². The van der Waals surface area contributed by atoms with Crippen molar-refractivity contribution in [2.24, 2.45) is 0 Å². The van der Waals surface area contributed by atoms with Gasteiger partial charge in [-0.25, -0.2) is 4.98 Å². The number of aryl methyl sites for hydroxylation is 1. The zero-order valence-electron chi connectivity index (χ0n) is 19.3. The number of rotatable bonds is 10. The number of aromatic nitrogens is 2. The maximum Gasteiger partial charge on any atom is 0.421 e. The van der Waals surface area contributed by atoms with E-state index in [1.807, 2.05) is 56.3 Å². The maximum atomic E-state index is 13.6. The van der Waals surface area contributed by atoms with E-state index in [0.29, 0.717) is 5.69 Å². The van der Waals surface area contributed by atoms with Crippen LogP contribution in [0.4, 0.5) is 36.3 Å². The average molecular weight is 457 g/mol. The van der Waals surface area contributed by atoms with Crippen molar-refractivity contribution in [1.29, 1.82) is 0 Å². The highest BCUT2D eigenvalue weighted by atomic mass is 19.4. The Labute approximate surface area is 193 Å². The van der Waals surface area contributed by atoms with E-state index in [1.165, 1.54) is 24.8 Å². The Bertz CT molecular complexity index is 1030. The summed E-state index contributed by atoms with van der Waals surface area (Å²) >= 11 is 0. The van der Waals surface area contributed by atoms with Crippen molar-refractivity contribution in [2.75, 3.05) is 10.6 Å². The standard InChI is InChI=1S/C26H31F3N4/c1-4-5-6-7-9-19-12-14-21(15-13-19)32-25-30-17-23(26(27,28)29)24(33-25)31-22-11-8-10-20(16-22)18(2)3/h8,10-18H,4-7,9H2,1-3H3,(H2,30,31,32,33). The molecule has 176 valence electrons. The van der Waals surface area contributed by atoms with Crippen LogP contribution in [-0.4, -0.2) is 9.97 Å². The van der Waals surface area contributed by atoms with Crippen molar-refractivity contribution in [3.05, 3.63) is 71.4 Å². The Morgan fingerprint density at radius 1 is 0.909 bits per heavy atom. The van der Waals surface area contributed by atoms with Crippen molar-refractivity contribution in [3.63, 3.8) is 0 Å². The van der Waals surface area contributed by atoms with Gasteiger partial charge in [0, 0.05) is 17.6 Å². The molecule has 1 aromatic heterocycles. The lowest BCUT2D eigenvalue weighted by atomic mass is 10.0. The van der Waals surface area contributed by atoms with Gasteiger partial charge in [0.05, 0.1) is 0 Å². The highest BCUT2D eigenvalue weighted by Gasteiger charge is 2.35. The third-order valence-corrected chi connectivity index (χ3v) is 5.44. The van der Waals surface area contributed by atoms with Crippen LogP contribution < -0.4 is 10.6 Å². The van der Waals surface area contributed by atoms with Crippen molar-refractivity contribution in [1.82, 2.24) is 9.97 Å². The summed E-state index contributed by atoms with van der Waals surface area (Å²) in [5.41, 5.74) is 2.61. The maximum absolute atomic E-state index is 13.6. The van der Waals surface area contributed by atoms with Gasteiger partial charge in [0.15, 0.2) is 0 Å². The molecule has 0 radical (unpaired) electrons. The molecule has 0 amide bonds. The predicted molar refractivity (Wildman–Crippen MR) is 128 cm³/mol. The lowest BCUT2D eigenvalue weighted by Gasteiger charge is -2.16. The number of nitrogens with zero attached hydrogens (tertiary/aromatic N) is 2. The van der Waals surface area contributed by atoms with Crippen molar-refractivity contribution in [2.45, 2.75) is 65.0 Å². The fourth-order valence-corrected chi connectivity index (χ4v) is 3.50. The first kappa shape index (κ1) is 24.6. The zero-order valence-corrected chi connectivity index (χ0v) is 19.3. The van der Waals surface area contributed by atoms with E-state index in [1.54, 1.807) is 6.07 Å². The Hall–Kier alpha value is -3.09. The minimum absolute atomic E-state index is 0.0983. The molecular weight excluding hydrogens is 425 g/mol. The molecule has 0 aliphatic carbocycles. The summed E-state index contributed by atoms with van der Waals surface area (Å²) < 4.78 is 40.7. The summed E-state index contributed by atoms with van der Waals surface area (Å²) in [4.78, 5) is 8.04. The third-order valence-electron chi connectivity index (χ3n) is 5.44. The monoisotopic (exact) mass is 456 g/mol. The smallest absolute Gasteiger partial charge is 0.340 e. The van der Waals surface area contributed by atoms with Gasteiger partial charge in [-0.2, -0.15) is 18.2 Å². The van der Waals surface area contributed by atoms with Gasteiger partial charge in [-0.05, 0) is 54.2 Å². The number of hydrogen-bond acceptors (Lipinski definition) is 4. The normalized spacial score (nSPS) is 11.6. The summed E-state index contributed by atoms with van der Waals surface area (Å²) in [5, 5.41) is 5.84. The molecule has 0 atom stereocenters. The number of hydrogen-bond donors (Lipinski definition) is 2.